The number of rotatable bonds is 2. The van der Waals surface area contributed by atoms with Crippen LogP contribution in [0.3, 0.4) is 0 Å². The van der Waals surface area contributed by atoms with E-state index in [1.165, 1.54) is 12.1 Å². The molecule has 1 heterocycles. The van der Waals surface area contributed by atoms with Crippen LogP contribution in [0.4, 0.5) is 0 Å². The van der Waals surface area contributed by atoms with Crippen molar-refractivity contribution in [3.63, 3.8) is 0 Å². The van der Waals surface area contributed by atoms with Crippen molar-refractivity contribution in [3.8, 4) is 22.8 Å². The average Bonchev–Trinajstić information content (AvgIpc) is 2.51. The van der Waals surface area contributed by atoms with Gasteiger partial charge in [0.05, 0.1) is 12.2 Å². The number of phenolic OH excluding ortho intramolecular Hbond substituents is 2. The molecule has 0 saturated carbocycles. The Bertz CT molecular complexity index is 865. The van der Waals surface area contributed by atoms with E-state index in [0.717, 1.165) is 0 Å². The molecule has 0 atom stereocenters. The molecule has 0 amide bonds. The number of aliphatic hydroxyl groups is 1. The maximum Gasteiger partial charge on any atom is 0.202 e. The molecule has 106 valence electrons. The van der Waals surface area contributed by atoms with Crippen molar-refractivity contribution in [1.29, 1.82) is 0 Å². The van der Waals surface area contributed by atoms with Crippen molar-refractivity contribution in [2.75, 3.05) is 0 Å². The maximum atomic E-state index is 12.4. The fourth-order valence-electron chi connectivity index (χ4n) is 2.26. The molecule has 0 aliphatic carbocycles. The van der Waals surface area contributed by atoms with Gasteiger partial charge in [0, 0.05) is 5.56 Å². The highest BCUT2D eigenvalue weighted by Gasteiger charge is 2.19. The quantitative estimate of drug-likeness (QED) is 0.628. The van der Waals surface area contributed by atoms with Gasteiger partial charge in [-0.25, -0.2) is 0 Å². The molecule has 1 aromatic heterocycles. The second-order valence-corrected chi connectivity index (χ2v) is 4.57. The van der Waals surface area contributed by atoms with E-state index in [1.807, 2.05) is 6.07 Å². The molecular formula is C16H12O5. The number of hydrogen-bond acceptors (Lipinski definition) is 5. The van der Waals surface area contributed by atoms with Crippen LogP contribution in [0.2, 0.25) is 0 Å². The summed E-state index contributed by atoms with van der Waals surface area (Å²) >= 11 is 0. The summed E-state index contributed by atoms with van der Waals surface area (Å²) < 4.78 is 5.66. The zero-order chi connectivity index (χ0) is 15.0. The third-order valence-corrected chi connectivity index (χ3v) is 3.30. The normalized spacial score (nSPS) is 10.9. The third-order valence-electron chi connectivity index (χ3n) is 3.30. The van der Waals surface area contributed by atoms with Crippen LogP contribution in [0.25, 0.3) is 22.3 Å². The monoisotopic (exact) mass is 284 g/mol. The molecular weight excluding hydrogens is 272 g/mol. The Kier molecular flexibility index (Phi) is 3.12. The Balaban J connectivity index is 2.43. The minimum absolute atomic E-state index is 0.0367. The molecule has 0 unspecified atom stereocenters. The molecule has 0 aliphatic rings. The summed E-state index contributed by atoms with van der Waals surface area (Å²) in [5.74, 6) is -0.706. The highest BCUT2D eigenvalue weighted by Crippen LogP contribution is 2.34. The van der Waals surface area contributed by atoms with Crippen LogP contribution in [0.5, 0.6) is 11.5 Å². The van der Waals surface area contributed by atoms with Crippen LogP contribution in [0, 0.1) is 0 Å². The lowest BCUT2D eigenvalue weighted by atomic mass is 10.0. The molecule has 0 radical (unpaired) electrons. The Labute approximate surface area is 119 Å². The number of benzene rings is 2. The first-order valence-corrected chi connectivity index (χ1v) is 6.30. The van der Waals surface area contributed by atoms with Crippen molar-refractivity contribution in [3.05, 3.63) is 58.3 Å². The minimum atomic E-state index is -0.564. The van der Waals surface area contributed by atoms with Gasteiger partial charge in [-0.2, -0.15) is 0 Å². The van der Waals surface area contributed by atoms with Gasteiger partial charge in [0.15, 0.2) is 11.5 Å². The predicted molar refractivity (Wildman–Crippen MR) is 77.2 cm³/mol. The minimum Gasteiger partial charge on any atom is -0.504 e. The van der Waals surface area contributed by atoms with Gasteiger partial charge < -0.3 is 19.7 Å². The largest absolute Gasteiger partial charge is 0.504 e. The van der Waals surface area contributed by atoms with Gasteiger partial charge in [0.1, 0.15) is 16.7 Å². The van der Waals surface area contributed by atoms with Gasteiger partial charge in [0.25, 0.3) is 0 Å². The lowest BCUT2D eigenvalue weighted by Crippen LogP contribution is -2.11. The first-order chi connectivity index (χ1) is 10.1. The van der Waals surface area contributed by atoms with Gasteiger partial charge in [0.2, 0.25) is 5.43 Å². The Morgan fingerprint density at radius 3 is 2.38 bits per heavy atom. The van der Waals surface area contributed by atoms with Crippen LogP contribution in [-0.2, 0) is 6.61 Å². The standard InChI is InChI=1S/C16H12O5/c17-8-10-14(19)13-12(7-6-11(18)15(13)20)21-16(10)9-4-2-1-3-5-9/h1-7,17-18,20H,8H2. The van der Waals surface area contributed by atoms with Crippen molar-refractivity contribution < 1.29 is 19.7 Å². The molecule has 3 rings (SSSR count). The summed E-state index contributed by atoms with van der Waals surface area (Å²) in [6.07, 6.45) is 0. The van der Waals surface area contributed by atoms with E-state index < -0.39 is 23.5 Å². The van der Waals surface area contributed by atoms with Crippen molar-refractivity contribution in [2.24, 2.45) is 0 Å². The van der Waals surface area contributed by atoms with Crippen molar-refractivity contribution in [1.82, 2.24) is 0 Å². The van der Waals surface area contributed by atoms with Crippen molar-refractivity contribution >= 4 is 11.0 Å². The van der Waals surface area contributed by atoms with Gasteiger partial charge in [-0.05, 0) is 12.1 Å². The number of phenols is 2. The van der Waals surface area contributed by atoms with Crippen molar-refractivity contribution in [2.45, 2.75) is 6.61 Å². The van der Waals surface area contributed by atoms with E-state index in [1.54, 1.807) is 24.3 Å². The van der Waals surface area contributed by atoms with Gasteiger partial charge >= 0.3 is 0 Å². The Morgan fingerprint density at radius 1 is 1.00 bits per heavy atom. The molecule has 21 heavy (non-hydrogen) atoms. The first kappa shape index (κ1) is 13.2. The predicted octanol–water partition coefficient (Wildman–Crippen LogP) is 2.36. The molecule has 0 aliphatic heterocycles. The van der Waals surface area contributed by atoms with Crippen LogP contribution in [0.15, 0.2) is 51.7 Å². The van der Waals surface area contributed by atoms with Crippen LogP contribution >= 0.6 is 0 Å². The highest BCUT2D eigenvalue weighted by atomic mass is 16.3. The molecule has 0 spiro atoms. The molecule has 5 nitrogen and oxygen atoms in total. The summed E-state index contributed by atoms with van der Waals surface area (Å²) in [5, 5.41) is 28.7. The van der Waals surface area contributed by atoms with E-state index in [2.05, 4.69) is 0 Å². The molecule has 0 bridgehead atoms. The Hall–Kier alpha value is -2.79. The molecule has 3 aromatic rings. The topological polar surface area (TPSA) is 90.9 Å². The summed E-state index contributed by atoms with van der Waals surface area (Å²) in [4.78, 5) is 12.4. The summed E-state index contributed by atoms with van der Waals surface area (Å²) in [5.41, 5.74) is 0.264. The van der Waals surface area contributed by atoms with E-state index in [4.69, 9.17) is 4.42 Å². The molecule has 2 aromatic carbocycles. The number of aromatic hydroxyl groups is 2. The molecule has 3 N–H and O–H groups in total. The van der Waals surface area contributed by atoms with Crippen LogP contribution in [-0.4, -0.2) is 15.3 Å². The summed E-state index contributed by atoms with van der Waals surface area (Å²) in [7, 11) is 0. The Morgan fingerprint density at radius 2 is 1.71 bits per heavy atom. The fraction of sp³-hybridized carbons (Fsp3) is 0.0625. The van der Waals surface area contributed by atoms with E-state index in [9.17, 15) is 20.1 Å². The molecule has 0 saturated heterocycles. The van der Waals surface area contributed by atoms with Gasteiger partial charge in [-0.3, -0.25) is 4.79 Å². The number of hydrogen-bond donors (Lipinski definition) is 3. The lowest BCUT2D eigenvalue weighted by Gasteiger charge is -2.09. The smallest absolute Gasteiger partial charge is 0.202 e. The average molecular weight is 284 g/mol. The highest BCUT2D eigenvalue weighted by molar-refractivity contribution is 5.88. The van der Waals surface area contributed by atoms with Crippen LogP contribution < -0.4 is 5.43 Å². The molecule has 5 heteroatoms. The van der Waals surface area contributed by atoms with E-state index >= 15 is 0 Å². The third kappa shape index (κ3) is 2.04. The zero-order valence-electron chi connectivity index (χ0n) is 10.9. The second-order valence-electron chi connectivity index (χ2n) is 4.57. The maximum absolute atomic E-state index is 12.4. The number of aliphatic hydroxyl groups excluding tert-OH is 1. The fourth-order valence-corrected chi connectivity index (χ4v) is 2.26. The SMILES string of the molecule is O=c1c(CO)c(-c2ccccc2)oc2ccc(O)c(O)c12. The second kappa shape index (κ2) is 4.96. The molecule has 0 fully saturated rings. The zero-order valence-corrected chi connectivity index (χ0v) is 10.9. The summed E-state index contributed by atoms with van der Waals surface area (Å²) in [6, 6.07) is 11.6. The summed E-state index contributed by atoms with van der Waals surface area (Å²) in [6.45, 7) is -0.530. The van der Waals surface area contributed by atoms with Gasteiger partial charge in [-0.1, -0.05) is 30.3 Å². The van der Waals surface area contributed by atoms with Gasteiger partial charge in [-0.15, -0.1) is 0 Å². The lowest BCUT2D eigenvalue weighted by molar-refractivity contribution is 0.278. The van der Waals surface area contributed by atoms with E-state index in [0.29, 0.717) is 5.56 Å². The number of fused-ring (bicyclic) bond motifs is 1. The van der Waals surface area contributed by atoms with E-state index in [-0.39, 0.29) is 22.3 Å². The first-order valence-electron chi connectivity index (χ1n) is 6.30. The van der Waals surface area contributed by atoms with Crippen LogP contribution in [0.1, 0.15) is 5.56 Å².